The zero-order valence-electron chi connectivity index (χ0n) is 13.3. The molecule has 1 aliphatic carbocycles. The molecule has 0 atom stereocenters. The monoisotopic (exact) mass is 352 g/mol. The molecule has 0 radical (unpaired) electrons. The normalized spacial score (nSPS) is 18.2. The van der Waals surface area contributed by atoms with E-state index in [1.165, 1.54) is 29.5 Å². The fourth-order valence-corrected chi connectivity index (χ4v) is 3.77. The number of nitrogens with zero attached hydrogens (tertiary/aromatic N) is 3. The third-order valence-electron chi connectivity index (χ3n) is 4.14. The second-order valence-electron chi connectivity index (χ2n) is 5.84. The molecule has 2 fully saturated rings. The number of rotatable bonds is 6. The lowest BCUT2D eigenvalue weighted by Crippen LogP contribution is -2.32. The van der Waals surface area contributed by atoms with Crippen LogP contribution in [-0.4, -0.2) is 57.2 Å². The number of amides is 2. The van der Waals surface area contributed by atoms with E-state index >= 15 is 0 Å². The van der Waals surface area contributed by atoms with Crippen LogP contribution in [0.2, 0.25) is 0 Å². The van der Waals surface area contributed by atoms with Crippen molar-refractivity contribution in [3.8, 4) is 0 Å². The van der Waals surface area contributed by atoms with Gasteiger partial charge in [-0.3, -0.25) is 14.4 Å². The third-order valence-corrected chi connectivity index (χ3v) is 5.03. The second kappa shape index (κ2) is 7.69. The van der Waals surface area contributed by atoms with Gasteiger partial charge in [0.1, 0.15) is 12.4 Å². The predicted molar refractivity (Wildman–Crippen MR) is 88.7 cm³/mol. The van der Waals surface area contributed by atoms with Gasteiger partial charge in [0, 0.05) is 18.4 Å². The third kappa shape index (κ3) is 4.08. The predicted octanol–water partition coefficient (Wildman–Crippen LogP) is 1.65. The standard InChI is InChI=1S/C15H20N4O4S/c20-13(10-23-14(21)9-18-7-8-24-15(18)22)17-12-5-6-16-19(12)11-3-1-2-4-11/h5-6,11H,1-4,7-10H2,(H,17,20). The second-order valence-corrected chi connectivity index (χ2v) is 6.89. The maximum Gasteiger partial charge on any atom is 0.326 e. The van der Waals surface area contributed by atoms with Gasteiger partial charge >= 0.3 is 5.97 Å². The molecule has 2 heterocycles. The summed E-state index contributed by atoms with van der Waals surface area (Å²) >= 11 is 1.18. The van der Waals surface area contributed by atoms with Crippen LogP contribution in [0.3, 0.4) is 0 Å². The van der Waals surface area contributed by atoms with Crippen LogP contribution in [0.4, 0.5) is 10.6 Å². The van der Waals surface area contributed by atoms with Crippen molar-refractivity contribution in [2.24, 2.45) is 0 Å². The van der Waals surface area contributed by atoms with Gasteiger partial charge in [-0.05, 0) is 12.8 Å². The van der Waals surface area contributed by atoms with Gasteiger partial charge in [0.25, 0.3) is 11.1 Å². The highest BCUT2D eigenvalue weighted by Crippen LogP contribution is 2.31. The molecule has 0 aromatic carbocycles. The Labute approximate surface area is 143 Å². The molecule has 1 aromatic rings. The van der Waals surface area contributed by atoms with E-state index in [-0.39, 0.29) is 18.4 Å². The summed E-state index contributed by atoms with van der Waals surface area (Å²) in [6.45, 7) is 0.0499. The van der Waals surface area contributed by atoms with Crippen LogP contribution in [0.5, 0.6) is 0 Å². The SMILES string of the molecule is O=C(COC(=O)CN1CCSC1=O)Nc1ccnn1C1CCCC1. The van der Waals surface area contributed by atoms with Crippen LogP contribution in [-0.2, 0) is 14.3 Å². The average molecular weight is 352 g/mol. The number of carbonyl (C=O) groups is 3. The number of anilines is 1. The number of nitrogens with one attached hydrogen (secondary N) is 1. The number of aromatic nitrogens is 2. The van der Waals surface area contributed by atoms with Gasteiger partial charge < -0.3 is 15.0 Å². The van der Waals surface area contributed by atoms with Crippen LogP contribution >= 0.6 is 11.8 Å². The first-order valence-electron chi connectivity index (χ1n) is 8.04. The van der Waals surface area contributed by atoms with E-state index in [9.17, 15) is 14.4 Å². The molecule has 24 heavy (non-hydrogen) atoms. The highest BCUT2D eigenvalue weighted by atomic mass is 32.2. The lowest BCUT2D eigenvalue weighted by atomic mass is 10.2. The minimum absolute atomic E-state index is 0.112. The summed E-state index contributed by atoms with van der Waals surface area (Å²) in [6.07, 6.45) is 6.10. The molecule has 1 N–H and O–H groups in total. The Morgan fingerprint density at radius 1 is 1.38 bits per heavy atom. The van der Waals surface area contributed by atoms with Crippen LogP contribution in [0.1, 0.15) is 31.7 Å². The lowest BCUT2D eigenvalue weighted by Gasteiger charge is -2.15. The first-order valence-corrected chi connectivity index (χ1v) is 9.03. The van der Waals surface area contributed by atoms with Gasteiger partial charge in [-0.2, -0.15) is 5.10 Å². The average Bonchev–Trinajstić information content (AvgIpc) is 3.28. The van der Waals surface area contributed by atoms with Crippen molar-refractivity contribution >= 4 is 34.7 Å². The summed E-state index contributed by atoms with van der Waals surface area (Å²) in [5.41, 5.74) is 0. The summed E-state index contributed by atoms with van der Waals surface area (Å²) in [5, 5.41) is 6.87. The minimum atomic E-state index is -0.578. The Kier molecular flexibility index (Phi) is 5.39. The zero-order chi connectivity index (χ0) is 16.9. The molecule has 2 aliphatic rings. The topological polar surface area (TPSA) is 93.5 Å². The Hall–Kier alpha value is -2.03. The number of thioether (sulfide) groups is 1. The molecule has 130 valence electrons. The number of carbonyl (C=O) groups excluding carboxylic acids is 3. The smallest absolute Gasteiger partial charge is 0.326 e. The summed E-state index contributed by atoms with van der Waals surface area (Å²) in [4.78, 5) is 36.5. The first kappa shape index (κ1) is 16.8. The first-order chi connectivity index (χ1) is 11.6. The molecule has 8 nitrogen and oxygen atoms in total. The number of hydrogen-bond donors (Lipinski definition) is 1. The van der Waals surface area contributed by atoms with E-state index in [2.05, 4.69) is 10.4 Å². The minimum Gasteiger partial charge on any atom is -0.454 e. The van der Waals surface area contributed by atoms with Gasteiger partial charge in [0.15, 0.2) is 6.61 Å². The number of esters is 1. The Morgan fingerprint density at radius 3 is 2.88 bits per heavy atom. The summed E-state index contributed by atoms with van der Waals surface area (Å²) in [5.74, 6) is 0.308. The molecule has 3 rings (SSSR count). The summed E-state index contributed by atoms with van der Waals surface area (Å²) < 4.78 is 6.77. The van der Waals surface area contributed by atoms with Crippen molar-refractivity contribution in [2.75, 3.05) is 30.8 Å². The van der Waals surface area contributed by atoms with E-state index < -0.39 is 11.9 Å². The molecule has 0 spiro atoms. The fraction of sp³-hybridized carbons (Fsp3) is 0.600. The van der Waals surface area contributed by atoms with Crippen molar-refractivity contribution in [3.05, 3.63) is 12.3 Å². The molecule has 1 saturated carbocycles. The molecule has 0 bridgehead atoms. The van der Waals surface area contributed by atoms with Gasteiger partial charge in [-0.15, -0.1) is 0 Å². The van der Waals surface area contributed by atoms with Gasteiger partial charge in [-0.25, -0.2) is 4.68 Å². The van der Waals surface area contributed by atoms with Crippen LogP contribution in [0.15, 0.2) is 12.3 Å². The summed E-state index contributed by atoms with van der Waals surface area (Å²) in [7, 11) is 0. The highest BCUT2D eigenvalue weighted by Gasteiger charge is 2.24. The van der Waals surface area contributed by atoms with Crippen LogP contribution < -0.4 is 5.32 Å². The van der Waals surface area contributed by atoms with Gasteiger partial charge in [-0.1, -0.05) is 24.6 Å². The largest absolute Gasteiger partial charge is 0.454 e. The van der Waals surface area contributed by atoms with Gasteiger partial charge in [0.05, 0.1) is 12.2 Å². The Morgan fingerprint density at radius 2 is 2.17 bits per heavy atom. The Balaban J connectivity index is 1.45. The molecule has 0 unspecified atom stereocenters. The lowest BCUT2D eigenvalue weighted by molar-refractivity contribution is -0.147. The van der Waals surface area contributed by atoms with Crippen molar-refractivity contribution < 1.29 is 19.1 Å². The van der Waals surface area contributed by atoms with Crippen molar-refractivity contribution in [1.82, 2.24) is 14.7 Å². The van der Waals surface area contributed by atoms with Crippen LogP contribution in [0, 0.1) is 0 Å². The molecular formula is C15H20N4O4S. The van der Waals surface area contributed by atoms with E-state index in [0.717, 1.165) is 12.8 Å². The van der Waals surface area contributed by atoms with E-state index in [0.29, 0.717) is 24.2 Å². The van der Waals surface area contributed by atoms with Crippen LogP contribution in [0.25, 0.3) is 0 Å². The van der Waals surface area contributed by atoms with E-state index in [4.69, 9.17) is 4.74 Å². The van der Waals surface area contributed by atoms with Crippen molar-refractivity contribution in [2.45, 2.75) is 31.7 Å². The number of ether oxygens (including phenoxy) is 1. The maximum absolute atomic E-state index is 12.0. The molecule has 1 aromatic heterocycles. The van der Waals surface area contributed by atoms with E-state index in [1.54, 1.807) is 12.3 Å². The number of hydrogen-bond acceptors (Lipinski definition) is 6. The molecular weight excluding hydrogens is 332 g/mol. The molecule has 9 heteroatoms. The zero-order valence-corrected chi connectivity index (χ0v) is 14.1. The van der Waals surface area contributed by atoms with Crippen molar-refractivity contribution in [1.29, 1.82) is 0 Å². The van der Waals surface area contributed by atoms with Crippen molar-refractivity contribution in [3.63, 3.8) is 0 Å². The van der Waals surface area contributed by atoms with E-state index in [1.807, 2.05) is 4.68 Å². The molecule has 1 saturated heterocycles. The molecule has 2 amide bonds. The quantitative estimate of drug-likeness (QED) is 0.783. The highest BCUT2D eigenvalue weighted by molar-refractivity contribution is 8.13. The Bertz CT molecular complexity index is 627. The summed E-state index contributed by atoms with van der Waals surface area (Å²) in [6, 6.07) is 2.05. The fourth-order valence-electron chi connectivity index (χ4n) is 2.95. The van der Waals surface area contributed by atoms with Gasteiger partial charge in [0.2, 0.25) is 0 Å². The maximum atomic E-state index is 12.0. The molecule has 1 aliphatic heterocycles.